The predicted molar refractivity (Wildman–Crippen MR) is 120 cm³/mol. The summed E-state index contributed by atoms with van der Waals surface area (Å²) in [4.78, 5) is 11.9. The minimum atomic E-state index is 0. The van der Waals surface area contributed by atoms with E-state index in [4.69, 9.17) is 9.73 Å². The van der Waals surface area contributed by atoms with Crippen LogP contribution < -0.4 is 10.1 Å². The second-order valence-corrected chi connectivity index (χ2v) is 6.80. The van der Waals surface area contributed by atoms with Crippen LogP contribution in [0.2, 0.25) is 0 Å². The number of aliphatic imine (C=N–C) groups is 1. The molecule has 148 valence electrons. The third-order valence-electron chi connectivity index (χ3n) is 4.68. The molecular weight excluding hydrogens is 441 g/mol. The number of ether oxygens (including phenoxy) is 1. The second-order valence-electron chi connectivity index (χ2n) is 6.80. The molecule has 1 saturated heterocycles. The van der Waals surface area contributed by atoms with Gasteiger partial charge in [0.05, 0.1) is 13.7 Å². The van der Waals surface area contributed by atoms with Gasteiger partial charge in [0.2, 0.25) is 0 Å². The number of guanidine groups is 1. The number of hydrogen-bond acceptors (Lipinski definition) is 4. The molecule has 0 aromatic heterocycles. The van der Waals surface area contributed by atoms with Crippen molar-refractivity contribution >= 4 is 29.9 Å². The monoisotopic (exact) mass is 475 g/mol. The van der Waals surface area contributed by atoms with E-state index in [-0.39, 0.29) is 24.0 Å². The molecule has 1 aromatic rings. The van der Waals surface area contributed by atoms with Crippen LogP contribution in [0.4, 0.5) is 0 Å². The number of methoxy groups -OCH3 is 1. The van der Waals surface area contributed by atoms with Crippen molar-refractivity contribution in [1.29, 1.82) is 0 Å². The zero-order valence-corrected chi connectivity index (χ0v) is 19.1. The van der Waals surface area contributed by atoms with Gasteiger partial charge in [0.1, 0.15) is 5.75 Å². The Hall–Kier alpha value is -1.06. The summed E-state index contributed by atoms with van der Waals surface area (Å²) in [7, 11) is 8.16. The third kappa shape index (κ3) is 6.92. The van der Waals surface area contributed by atoms with E-state index < -0.39 is 0 Å². The maximum absolute atomic E-state index is 5.32. The maximum atomic E-state index is 5.32. The molecule has 1 aromatic carbocycles. The fourth-order valence-corrected chi connectivity index (χ4v) is 3.08. The number of halogens is 1. The maximum Gasteiger partial charge on any atom is 0.194 e. The fourth-order valence-electron chi connectivity index (χ4n) is 3.08. The first-order valence-electron chi connectivity index (χ1n) is 9.04. The number of piperazine rings is 1. The van der Waals surface area contributed by atoms with Crippen LogP contribution >= 0.6 is 24.0 Å². The number of nitrogens with zero attached hydrogens (tertiary/aromatic N) is 4. The zero-order chi connectivity index (χ0) is 18.2. The molecule has 1 heterocycles. The van der Waals surface area contributed by atoms with E-state index >= 15 is 0 Å². The standard InChI is InChI=1S/C19H33N5O.HI/c1-6-20-19(21-13-17-15-22(2)10-11-23(17)3)24(4)14-16-8-7-9-18(12-16)25-5;/h7-9,12,17H,6,10-11,13-15H2,1-5H3,(H,20,21);1H. The summed E-state index contributed by atoms with van der Waals surface area (Å²) in [5.74, 6) is 1.84. The van der Waals surface area contributed by atoms with Gasteiger partial charge in [-0.3, -0.25) is 9.89 Å². The second kappa shape index (κ2) is 11.6. The first-order valence-corrected chi connectivity index (χ1v) is 9.04. The predicted octanol–water partition coefficient (Wildman–Crippen LogP) is 1.96. The van der Waals surface area contributed by atoms with E-state index in [1.54, 1.807) is 7.11 Å². The lowest BCUT2D eigenvalue weighted by Gasteiger charge is -2.37. The van der Waals surface area contributed by atoms with Crippen molar-refractivity contribution in [2.24, 2.45) is 4.99 Å². The lowest BCUT2D eigenvalue weighted by Crippen LogP contribution is -2.51. The molecule has 1 fully saturated rings. The summed E-state index contributed by atoms with van der Waals surface area (Å²) in [6.45, 7) is 7.88. The number of nitrogens with one attached hydrogen (secondary N) is 1. The van der Waals surface area contributed by atoms with Crippen LogP contribution in [0.25, 0.3) is 0 Å². The Kier molecular flexibility index (Phi) is 10.3. The highest BCUT2D eigenvalue weighted by atomic mass is 127. The first-order chi connectivity index (χ1) is 12.0. The van der Waals surface area contributed by atoms with Gasteiger partial charge in [-0.25, -0.2) is 0 Å². The van der Waals surface area contributed by atoms with Crippen LogP contribution in [0.5, 0.6) is 5.75 Å². The minimum Gasteiger partial charge on any atom is -0.497 e. The molecule has 0 aliphatic carbocycles. The van der Waals surface area contributed by atoms with Gasteiger partial charge in [0, 0.05) is 45.8 Å². The van der Waals surface area contributed by atoms with Gasteiger partial charge in [-0.05, 0) is 38.7 Å². The average molecular weight is 475 g/mol. The minimum absolute atomic E-state index is 0. The highest BCUT2D eigenvalue weighted by molar-refractivity contribution is 14.0. The molecule has 2 rings (SSSR count). The van der Waals surface area contributed by atoms with E-state index in [1.165, 1.54) is 5.56 Å². The van der Waals surface area contributed by atoms with Gasteiger partial charge >= 0.3 is 0 Å². The molecule has 1 atom stereocenters. The molecule has 7 heteroatoms. The lowest BCUT2D eigenvalue weighted by atomic mass is 10.2. The Labute approximate surface area is 175 Å². The zero-order valence-electron chi connectivity index (χ0n) is 16.7. The van der Waals surface area contributed by atoms with Crippen LogP contribution in [0.1, 0.15) is 12.5 Å². The number of rotatable bonds is 6. The molecule has 0 saturated carbocycles. The Bertz CT molecular complexity index is 569. The largest absolute Gasteiger partial charge is 0.497 e. The van der Waals surface area contributed by atoms with Gasteiger partial charge < -0.3 is 19.9 Å². The lowest BCUT2D eigenvalue weighted by molar-refractivity contribution is 0.119. The summed E-state index contributed by atoms with van der Waals surface area (Å²) in [5.41, 5.74) is 1.21. The van der Waals surface area contributed by atoms with Gasteiger partial charge in [0.25, 0.3) is 0 Å². The summed E-state index contributed by atoms with van der Waals surface area (Å²) in [6, 6.07) is 8.66. The van der Waals surface area contributed by atoms with Crippen LogP contribution in [0.3, 0.4) is 0 Å². The molecule has 1 N–H and O–H groups in total. The van der Waals surface area contributed by atoms with Crippen molar-refractivity contribution in [2.45, 2.75) is 19.5 Å². The van der Waals surface area contributed by atoms with Crippen LogP contribution in [0, 0.1) is 0 Å². The number of likely N-dealkylation sites (N-methyl/N-ethyl adjacent to an activating group) is 2. The van der Waals surface area contributed by atoms with Crippen LogP contribution in [-0.4, -0.2) is 87.7 Å². The molecular formula is C19H34IN5O. The number of benzene rings is 1. The van der Waals surface area contributed by atoms with E-state index in [9.17, 15) is 0 Å². The molecule has 0 radical (unpaired) electrons. The quantitative estimate of drug-likeness (QED) is 0.387. The topological polar surface area (TPSA) is 43.3 Å². The molecule has 0 bridgehead atoms. The van der Waals surface area contributed by atoms with Crippen molar-refractivity contribution in [3.63, 3.8) is 0 Å². The van der Waals surface area contributed by atoms with Gasteiger partial charge in [0.15, 0.2) is 5.96 Å². The highest BCUT2D eigenvalue weighted by Crippen LogP contribution is 2.14. The van der Waals surface area contributed by atoms with Crippen LogP contribution in [0.15, 0.2) is 29.3 Å². The van der Waals surface area contributed by atoms with E-state index in [0.29, 0.717) is 6.04 Å². The molecule has 6 nitrogen and oxygen atoms in total. The van der Waals surface area contributed by atoms with E-state index in [0.717, 1.165) is 51.0 Å². The van der Waals surface area contributed by atoms with Crippen molar-refractivity contribution in [3.8, 4) is 5.75 Å². The summed E-state index contributed by atoms with van der Waals surface area (Å²) < 4.78 is 5.32. The highest BCUT2D eigenvalue weighted by Gasteiger charge is 2.22. The Balaban J connectivity index is 0.00000338. The normalized spacial score (nSPS) is 19.0. The van der Waals surface area contributed by atoms with Gasteiger partial charge in [-0.1, -0.05) is 12.1 Å². The Morgan fingerprint density at radius 3 is 2.81 bits per heavy atom. The van der Waals surface area contributed by atoms with Gasteiger partial charge in [-0.15, -0.1) is 24.0 Å². The molecule has 0 amide bonds. The molecule has 1 unspecified atom stereocenters. The molecule has 1 aliphatic rings. The van der Waals surface area contributed by atoms with Crippen molar-refractivity contribution in [3.05, 3.63) is 29.8 Å². The Morgan fingerprint density at radius 1 is 1.35 bits per heavy atom. The van der Waals surface area contributed by atoms with Crippen molar-refractivity contribution < 1.29 is 4.74 Å². The van der Waals surface area contributed by atoms with Crippen molar-refractivity contribution in [1.82, 2.24) is 20.0 Å². The third-order valence-corrected chi connectivity index (χ3v) is 4.68. The molecule has 0 spiro atoms. The summed E-state index contributed by atoms with van der Waals surface area (Å²) in [6.07, 6.45) is 0. The smallest absolute Gasteiger partial charge is 0.194 e. The summed E-state index contributed by atoms with van der Waals surface area (Å²) in [5, 5.41) is 3.41. The molecule has 26 heavy (non-hydrogen) atoms. The summed E-state index contributed by atoms with van der Waals surface area (Å²) >= 11 is 0. The first kappa shape index (κ1) is 23.0. The molecule has 1 aliphatic heterocycles. The Morgan fingerprint density at radius 2 is 2.12 bits per heavy atom. The van der Waals surface area contributed by atoms with Crippen LogP contribution in [-0.2, 0) is 6.54 Å². The average Bonchev–Trinajstić information content (AvgIpc) is 2.61. The van der Waals surface area contributed by atoms with E-state index in [1.807, 2.05) is 12.1 Å². The van der Waals surface area contributed by atoms with Gasteiger partial charge in [-0.2, -0.15) is 0 Å². The number of hydrogen-bond donors (Lipinski definition) is 1. The fraction of sp³-hybridized carbons (Fsp3) is 0.632. The SMILES string of the molecule is CCNC(=NCC1CN(C)CCN1C)N(C)Cc1cccc(OC)c1.I. The van der Waals surface area contributed by atoms with E-state index in [2.05, 4.69) is 60.2 Å². The van der Waals surface area contributed by atoms with Crippen molar-refractivity contribution in [2.75, 3.05) is 61.0 Å².